The number of ether oxygens (including phenoxy) is 1. The van der Waals surface area contributed by atoms with Crippen LogP contribution >= 0.6 is 0 Å². The van der Waals surface area contributed by atoms with Crippen molar-refractivity contribution in [2.75, 3.05) is 13.1 Å². The van der Waals surface area contributed by atoms with E-state index in [-0.39, 0.29) is 17.4 Å². The van der Waals surface area contributed by atoms with Crippen LogP contribution in [0.2, 0.25) is 0 Å². The number of likely N-dealkylation sites (tertiary alicyclic amines) is 1. The topological polar surface area (TPSA) is 66.8 Å². The van der Waals surface area contributed by atoms with Crippen molar-refractivity contribution in [3.05, 3.63) is 0 Å². The van der Waals surface area contributed by atoms with E-state index in [2.05, 4.69) is 0 Å². The van der Waals surface area contributed by atoms with E-state index in [0.717, 1.165) is 19.3 Å². The van der Waals surface area contributed by atoms with Crippen LogP contribution in [0.5, 0.6) is 0 Å². The van der Waals surface area contributed by atoms with E-state index >= 15 is 0 Å². The molecule has 5 nitrogen and oxygen atoms in total. The number of hydrogen-bond donors (Lipinski definition) is 1. The molecule has 18 heavy (non-hydrogen) atoms. The largest absolute Gasteiger partial charge is 0.481 e. The van der Waals surface area contributed by atoms with Gasteiger partial charge < -0.3 is 14.7 Å². The van der Waals surface area contributed by atoms with Gasteiger partial charge in [-0.05, 0) is 33.6 Å². The highest BCUT2D eigenvalue weighted by Gasteiger charge is 2.56. The van der Waals surface area contributed by atoms with Gasteiger partial charge in [0.25, 0.3) is 0 Å². The van der Waals surface area contributed by atoms with Gasteiger partial charge in [-0.1, -0.05) is 6.42 Å². The molecule has 1 amide bonds. The molecule has 0 bridgehead atoms. The second kappa shape index (κ2) is 4.14. The van der Waals surface area contributed by atoms with Crippen LogP contribution in [-0.2, 0) is 9.53 Å². The highest BCUT2D eigenvalue weighted by atomic mass is 16.6. The van der Waals surface area contributed by atoms with E-state index in [1.807, 2.05) is 20.8 Å². The average molecular weight is 255 g/mol. The maximum atomic E-state index is 11.8. The van der Waals surface area contributed by atoms with Gasteiger partial charge in [-0.3, -0.25) is 4.79 Å². The van der Waals surface area contributed by atoms with Crippen molar-refractivity contribution in [3.63, 3.8) is 0 Å². The lowest BCUT2D eigenvalue weighted by molar-refractivity contribution is -0.150. The van der Waals surface area contributed by atoms with Gasteiger partial charge in [0.05, 0.1) is 5.92 Å². The van der Waals surface area contributed by atoms with Gasteiger partial charge >= 0.3 is 12.1 Å². The van der Waals surface area contributed by atoms with Crippen molar-refractivity contribution in [1.29, 1.82) is 0 Å². The Morgan fingerprint density at radius 2 is 1.94 bits per heavy atom. The molecule has 1 unspecified atom stereocenters. The lowest BCUT2D eigenvalue weighted by atomic mass is 9.71. The monoisotopic (exact) mass is 255 g/mol. The number of carboxylic acids is 1. The molecule has 1 spiro atoms. The molecule has 2 fully saturated rings. The SMILES string of the molecule is CC(C)(C)OC(=O)N1CC2(CCCC2C(=O)O)C1. The summed E-state index contributed by atoms with van der Waals surface area (Å²) in [5.74, 6) is -1.02. The molecular formula is C13H21NO4. The lowest BCUT2D eigenvalue weighted by Gasteiger charge is -2.50. The molecule has 1 aliphatic heterocycles. The highest BCUT2D eigenvalue weighted by Crippen LogP contribution is 2.50. The summed E-state index contributed by atoms with van der Waals surface area (Å²) in [6.07, 6.45) is 2.25. The normalized spacial score (nSPS) is 25.9. The predicted octanol–water partition coefficient (Wildman–Crippen LogP) is 2.11. The van der Waals surface area contributed by atoms with E-state index in [0.29, 0.717) is 13.1 Å². The van der Waals surface area contributed by atoms with Gasteiger partial charge in [0.15, 0.2) is 0 Å². The summed E-state index contributed by atoms with van der Waals surface area (Å²) < 4.78 is 5.28. The summed E-state index contributed by atoms with van der Waals surface area (Å²) >= 11 is 0. The molecule has 1 saturated heterocycles. The van der Waals surface area contributed by atoms with Crippen molar-refractivity contribution in [3.8, 4) is 0 Å². The first kappa shape index (κ1) is 13.2. The van der Waals surface area contributed by atoms with E-state index in [1.165, 1.54) is 0 Å². The predicted molar refractivity (Wildman–Crippen MR) is 65.2 cm³/mol. The van der Waals surface area contributed by atoms with Crippen molar-refractivity contribution in [2.45, 2.75) is 45.6 Å². The molecule has 0 radical (unpaired) electrons. The van der Waals surface area contributed by atoms with Crippen LogP contribution in [0.15, 0.2) is 0 Å². The van der Waals surface area contributed by atoms with Crippen molar-refractivity contribution in [2.24, 2.45) is 11.3 Å². The third-order valence-corrected chi connectivity index (χ3v) is 3.87. The number of carbonyl (C=O) groups excluding carboxylic acids is 1. The Morgan fingerprint density at radius 1 is 1.33 bits per heavy atom. The number of rotatable bonds is 1. The van der Waals surface area contributed by atoms with Crippen LogP contribution in [-0.4, -0.2) is 40.8 Å². The fourth-order valence-corrected chi connectivity index (χ4v) is 3.07. The van der Waals surface area contributed by atoms with Crippen LogP contribution in [0.25, 0.3) is 0 Å². The Kier molecular flexibility index (Phi) is 3.03. The first-order valence-corrected chi connectivity index (χ1v) is 6.44. The minimum absolute atomic E-state index is 0.192. The standard InChI is InChI=1S/C13H21NO4/c1-12(2,3)18-11(17)14-7-13(8-14)6-4-5-9(13)10(15)16/h9H,4-8H2,1-3H3,(H,15,16). The second-order valence-corrected chi connectivity index (χ2v) is 6.48. The van der Waals surface area contributed by atoms with Gasteiger partial charge in [-0.15, -0.1) is 0 Å². The number of carbonyl (C=O) groups is 2. The van der Waals surface area contributed by atoms with E-state index < -0.39 is 11.6 Å². The number of nitrogens with zero attached hydrogens (tertiary/aromatic N) is 1. The number of aliphatic carboxylic acids is 1. The molecule has 1 aliphatic carbocycles. The Bertz CT molecular complexity index is 366. The van der Waals surface area contributed by atoms with Crippen molar-refractivity contribution < 1.29 is 19.4 Å². The van der Waals surface area contributed by atoms with Crippen LogP contribution in [0.4, 0.5) is 4.79 Å². The van der Waals surface area contributed by atoms with Gasteiger partial charge in [0.2, 0.25) is 0 Å². The van der Waals surface area contributed by atoms with Gasteiger partial charge in [0.1, 0.15) is 5.60 Å². The summed E-state index contributed by atoms with van der Waals surface area (Å²) in [5, 5.41) is 9.19. The van der Waals surface area contributed by atoms with Crippen LogP contribution in [0, 0.1) is 11.3 Å². The Hall–Kier alpha value is -1.26. The molecule has 0 aromatic heterocycles. The van der Waals surface area contributed by atoms with Crippen molar-refractivity contribution in [1.82, 2.24) is 4.90 Å². The van der Waals surface area contributed by atoms with E-state index in [4.69, 9.17) is 4.74 Å². The number of carboxylic acid groups (broad SMARTS) is 1. The summed E-state index contributed by atoms with van der Waals surface area (Å²) in [6.45, 7) is 6.54. The quantitative estimate of drug-likeness (QED) is 0.779. The minimum atomic E-state index is -0.726. The highest BCUT2D eigenvalue weighted by molar-refractivity contribution is 5.74. The number of amides is 1. The summed E-state index contributed by atoms with van der Waals surface area (Å²) in [4.78, 5) is 24.6. The molecule has 5 heteroatoms. The second-order valence-electron chi connectivity index (χ2n) is 6.48. The molecule has 0 aromatic carbocycles. The van der Waals surface area contributed by atoms with E-state index in [9.17, 15) is 14.7 Å². The van der Waals surface area contributed by atoms with Crippen LogP contribution in [0.1, 0.15) is 40.0 Å². The molecule has 1 saturated carbocycles. The Morgan fingerprint density at radius 3 is 2.44 bits per heavy atom. The van der Waals surface area contributed by atoms with Crippen molar-refractivity contribution >= 4 is 12.1 Å². The Labute approximate surface area is 107 Å². The third kappa shape index (κ3) is 2.31. The number of hydrogen-bond acceptors (Lipinski definition) is 3. The average Bonchev–Trinajstić information content (AvgIpc) is 2.55. The lowest BCUT2D eigenvalue weighted by Crippen LogP contribution is -2.61. The van der Waals surface area contributed by atoms with Crippen LogP contribution < -0.4 is 0 Å². The fourth-order valence-electron chi connectivity index (χ4n) is 3.07. The first-order chi connectivity index (χ1) is 8.23. The smallest absolute Gasteiger partial charge is 0.410 e. The zero-order valence-corrected chi connectivity index (χ0v) is 11.2. The fraction of sp³-hybridized carbons (Fsp3) is 0.846. The van der Waals surface area contributed by atoms with Gasteiger partial charge in [0, 0.05) is 18.5 Å². The van der Waals surface area contributed by atoms with Crippen LogP contribution in [0.3, 0.4) is 0 Å². The summed E-state index contributed by atoms with van der Waals surface area (Å²) in [6, 6.07) is 0. The van der Waals surface area contributed by atoms with Gasteiger partial charge in [-0.2, -0.15) is 0 Å². The summed E-state index contributed by atoms with van der Waals surface area (Å²) in [5.41, 5.74) is -0.690. The zero-order chi connectivity index (χ0) is 13.6. The summed E-state index contributed by atoms with van der Waals surface area (Å²) in [7, 11) is 0. The molecule has 2 rings (SSSR count). The molecular weight excluding hydrogens is 234 g/mol. The molecule has 1 atom stereocenters. The minimum Gasteiger partial charge on any atom is -0.481 e. The van der Waals surface area contributed by atoms with E-state index in [1.54, 1.807) is 4.90 Å². The molecule has 1 N–H and O–H groups in total. The molecule has 1 heterocycles. The first-order valence-electron chi connectivity index (χ1n) is 6.44. The zero-order valence-electron chi connectivity index (χ0n) is 11.2. The maximum absolute atomic E-state index is 11.8. The molecule has 2 aliphatic rings. The Balaban J connectivity index is 1.93. The molecule has 0 aromatic rings. The molecule has 102 valence electrons. The maximum Gasteiger partial charge on any atom is 0.410 e. The van der Waals surface area contributed by atoms with Gasteiger partial charge in [-0.25, -0.2) is 4.79 Å². The third-order valence-electron chi connectivity index (χ3n) is 3.87.